The van der Waals surface area contributed by atoms with E-state index >= 15 is 0 Å². The number of amides is 1. The quantitative estimate of drug-likeness (QED) is 0.674. The van der Waals surface area contributed by atoms with Crippen LogP contribution < -0.4 is 10.1 Å². The van der Waals surface area contributed by atoms with Crippen LogP contribution in [0.2, 0.25) is 0 Å². The Labute approximate surface area is 162 Å². The molecule has 1 aliphatic rings. The van der Waals surface area contributed by atoms with E-state index in [1.165, 1.54) is 0 Å². The summed E-state index contributed by atoms with van der Waals surface area (Å²) in [4.78, 5) is 12.5. The molecule has 136 valence electrons. The number of hydrogen-bond donors (Lipinski definition) is 1. The number of nitrogens with zero attached hydrogens (tertiary/aromatic N) is 2. The van der Waals surface area contributed by atoms with Gasteiger partial charge in [0, 0.05) is 23.1 Å². The van der Waals surface area contributed by atoms with E-state index in [0.29, 0.717) is 0 Å². The van der Waals surface area contributed by atoms with Crippen molar-refractivity contribution in [2.24, 2.45) is 0 Å². The van der Waals surface area contributed by atoms with Gasteiger partial charge in [-0.2, -0.15) is 16.9 Å². The average Bonchev–Trinajstić information content (AvgIpc) is 3.30. The number of fused-ring (bicyclic) bond motifs is 1. The Hall–Kier alpha value is -2.99. The largest absolute Gasteiger partial charge is 0.497 e. The Morgan fingerprint density at radius 1 is 1.15 bits per heavy atom. The van der Waals surface area contributed by atoms with Gasteiger partial charge in [-0.25, -0.2) is 4.68 Å². The molecule has 1 N–H and O–H groups in total. The number of anilines is 1. The van der Waals surface area contributed by atoms with E-state index < -0.39 is 0 Å². The van der Waals surface area contributed by atoms with Crippen molar-refractivity contribution in [1.82, 2.24) is 9.78 Å². The summed E-state index contributed by atoms with van der Waals surface area (Å²) in [5, 5.41) is 7.72. The summed E-state index contributed by atoms with van der Waals surface area (Å²) in [6, 6.07) is 17.4. The van der Waals surface area contributed by atoms with Crippen LogP contribution in [-0.2, 0) is 16.3 Å². The van der Waals surface area contributed by atoms with E-state index in [9.17, 15) is 4.79 Å². The van der Waals surface area contributed by atoms with Crippen LogP contribution in [-0.4, -0.2) is 22.8 Å². The van der Waals surface area contributed by atoms with E-state index in [0.717, 1.165) is 45.6 Å². The van der Waals surface area contributed by atoms with Crippen molar-refractivity contribution in [3.63, 3.8) is 0 Å². The number of carbonyl (C=O) groups excluding carboxylic acids is 1. The molecule has 0 bridgehead atoms. The lowest BCUT2D eigenvalue weighted by atomic mass is 10.2. The summed E-state index contributed by atoms with van der Waals surface area (Å²) in [5.41, 5.74) is 3.99. The second-order valence-electron chi connectivity index (χ2n) is 6.11. The fourth-order valence-electron chi connectivity index (χ4n) is 2.95. The zero-order valence-electron chi connectivity index (χ0n) is 14.9. The van der Waals surface area contributed by atoms with Gasteiger partial charge >= 0.3 is 0 Å². The minimum absolute atomic E-state index is 0.173. The van der Waals surface area contributed by atoms with E-state index in [4.69, 9.17) is 9.84 Å². The first kappa shape index (κ1) is 17.4. The number of aromatic nitrogens is 2. The number of carbonyl (C=O) groups is 1. The summed E-state index contributed by atoms with van der Waals surface area (Å²) in [6.45, 7) is 0. The Kier molecular flexibility index (Phi) is 4.98. The topological polar surface area (TPSA) is 56.1 Å². The standard InChI is InChI=1S/C21H19N3O2S/c1-26-17-10-8-16(9-11-17)24-21(18-13-27-14-19(18)23-24)22-20(25)12-7-15-5-3-2-4-6-15/h2-12H,13-14H2,1H3,(H,22,25). The van der Waals surface area contributed by atoms with E-state index in [1.54, 1.807) is 35.7 Å². The average molecular weight is 377 g/mol. The van der Waals surface area contributed by atoms with Crippen LogP contribution in [0, 0.1) is 0 Å². The zero-order chi connectivity index (χ0) is 18.6. The molecule has 0 aliphatic carbocycles. The molecule has 0 atom stereocenters. The van der Waals surface area contributed by atoms with Crippen LogP contribution in [0.15, 0.2) is 60.7 Å². The summed E-state index contributed by atoms with van der Waals surface area (Å²) in [6.07, 6.45) is 3.35. The van der Waals surface area contributed by atoms with Gasteiger partial charge in [-0.05, 0) is 35.9 Å². The Morgan fingerprint density at radius 3 is 2.67 bits per heavy atom. The molecule has 0 saturated heterocycles. The number of benzene rings is 2. The molecule has 27 heavy (non-hydrogen) atoms. The van der Waals surface area contributed by atoms with E-state index in [-0.39, 0.29) is 5.91 Å². The first-order valence-corrected chi connectivity index (χ1v) is 9.77. The fourth-order valence-corrected chi connectivity index (χ4v) is 3.98. The SMILES string of the molecule is COc1ccc(-n2nc3c(c2NC(=O)C=Cc2ccccc2)CSC3)cc1. The molecule has 6 heteroatoms. The van der Waals surface area contributed by atoms with E-state index in [1.807, 2.05) is 54.6 Å². The highest BCUT2D eigenvalue weighted by Crippen LogP contribution is 2.36. The zero-order valence-corrected chi connectivity index (χ0v) is 15.7. The smallest absolute Gasteiger partial charge is 0.249 e. The van der Waals surface area contributed by atoms with Gasteiger partial charge in [0.1, 0.15) is 11.6 Å². The maximum Gasteiger partial charge on any atom is 0.249 e. The summed E-state index contributed by atoms with van der Waals surface area (Å²) >= 11 is 1.81. The maximum absolute atomic E-state index is 12.5. The van der Waals surface area contributed by atoms with Gasteiger partial charge in [-0.1, -0.05) is 30.3 Å². The van der Waals surface area contributed by atoms with E-state index in [2.05, 4.69) is 5.32 Å². The second-order valence-corrected chi connectivity index (χ2v) is 7.10. The molecule has 2 aromatic carbocycles. The molecule has 0 saturated carbocycles. The highest BCUT2D eigenvalue weighted by atomic mass is 32.2. The third-order valence-corrected chi connectivity index (χ3v) is 5.31. The Balaban J connectivity index is 1.61. The minimum atomic E-state index is -0.173. The number of rotatable bonds is 5. The molecule has 2 heterocycles. The highest BCUT2D eigenvalue weighted by molar-refractivity contribution is 7.98. The third-order valence-electron chi connectivity index (χ3n) is 4.34. The molecule has 1 aliphatic heterocycles. The maximum atomic E-state index is 12.5. The fraction of sp³-hybridized carbons (Fsp3) is 0.143. The molecule has 1 amide bonds. The van der Waals surface area contributed by atoms with Gasteiger partial charge in [0.05, 0.1) is 18.5 Å². The summed E-state index contributed by atoms with van der Waals surface area (Å²) in [5.74, 6) is 3.06. The van der Waals surface area contributed by atoms with Crippen LogP contribution in [0.5, 0.6) is 5.75 Å². The molecular weight excluding hydrogens is 358 g/mol. The van der Waals surface area contributed by atoms with Crippen molar-refractivity contribution >= 4 is 29.6 Å². The Morgan fingerprint density at radius 2 is 1.93 bits per heavy atom. The van der Waals surface area contributed by atoms with Gasteiger partial charge in [0.25, 0.3) is 0 Å². The number of ether oxygens (including phenoxy) is 1. The van der Waals surface area contributed by atoms with Crippen molar-refractivity contribution in [2.75, 3.05) is 12.4 Å². The summed E-state index contributed by atoms with van der Waals surface area (Å²) in [7, 11) is 1.64. The normalized spacial score (nSPS) is 12.9. The van der Waals surface area contributed by atoms with Crippen molar-refractivity contribution in [3.05, 3.63) is 77.5 Å². The second kappa shape index (κ2) is 7.72. The molecule has 0 fully saturated rings. The lowest BCUT2D eigenvalue weighted by molar-refractivity contribution is -0.111. The van der Waals surface area contributed by atoms with Gasteiger partial charge in [-0.15, -0.1) is 0 Å². The predicted octanol–water partition coefficient (Wildman–Crippen LogP) is 4.28. The third kappa shape index (κ3) is 3.75. The number of hydrogen-bond acceptors (Lipinski definition) is 4. The molecule has 1 aromatic heterocycles. The van der Waals surface area contributed by atoms with Crippen LogP contribution in [0.1, 0.15) is 16.8 Å². The Bertz CT molecular complexity index is 979. The molecular formula is C21H19N3O2S. The lowest BCUT2D eigenvalue weighted by Gasteiger charge is -2.10. The predicted molar refractivity (Wildman–Crippen MR) is 109 cm³/mol. The molecule has 0 radical (unpaired) electrons. The molecule has 0 unspecified atom stereocenters. The molecule has 3 aromatic rings. The van der Waals surface area contributed by atoms with Crippen molar-refractivity contribution < 1.29 is 9.53 Å². The van der Waals surface area contributed by atoms with Crippen LogP contribution in [0.4, 0.5) is 5.82 Å². The first-order valence-electron chi connectivity index (χ1n) is 8.61. The van der Waals surface area contributed by atoms with Gasteiger partial charge in [0.15, 0.2) is 0 Å². The monoisotopic (exact) mass is 377 g/mol. The molecule has 0 spiro atoms. The minimum Gasteiger partial charge on any atom is -0.497 e. The van der Waals surface area contributed by atoms with Crippen molar-refractivity contribution in [2.45, 2.75) is 11.5 Å². The first-order chi connectivity index (χ1) is 13.2. The lowest BCUT2D eigenvalue weighted by Crippen LogP contribution is -2.13. The van der Waals surface area contributed by atoms with Gasteiger partial charge < -0.3 is 10.1 Å². The number of thioether (sulfide) groups is 1. The van der Waals surface area contributed by atoms with Gasteiger partial charge in [-0.3, -0.25) is 4.79 Å². The van der Waals surface area contributed by atoms with Crippen LogP contribution in [0.25, 0.3) is 11.8 Å². The van der Waals surface area contributed by atoms with Crippen molar-refractivity contribution in [1.29, 1.82) is 0 Å². The van der Waals surface area contributed by atoms with Gasteiger partial charge in [0.2, 0.25) is 5.91 Å². The van der Waals surface area contributed by atoms with Crippen molar-refractivity contribution in [3.8, 4) is 11.4 Å². The van der Waals surface area contributed by atoms with Crippen LogP contribution in [0.3, 0.4) is 0 Å². The number of nitrogens with one attached hydrogen (secondary N) is 1. The molecule has 4 rings (SSSR count). The van der Waals surface area contributed by atoms with Crippen LogP contribution >= 0.6 is 11.8 Å². The summed E-state index contributed by atoms with van der Waals surface area (Å²) < 4.78 is 7.03. The number of methoxy groups -OCH3 is 1. The highest BCUT2D eigenvalue weighted by Gasteiger charge is 2.24. The molecule has 5 nitrogen and oxygen atoms in total.